The monoisotopic (exact) mass is 189 g/mol. The maximum absolute atomic E-state index is 8.64. The van der Waals surface area contributed by atoms with E-state index in [1.165, 1.54) is 0 Å². The van der Waals surface area contributed by atoms with E-state index in [1.807, 2.05) is 11.9 Å². The van der Waals surface area contributed by atoms with E-state index in [4.69, 9.17) is 16.7 Å². The second-order valence-corrected chi connectivity index (χ2v) is 3.05. The van der Waals surface area contributed by atoms with Gasteiger partial charge in [0.25, 0.3) is 0 Å². The van der Waals surface area contributed by atoms with Crippen LogP contribution in [0.1, 0.15) is 5.56 Å². The number of aromatic nitrogens is 2. The summed E-state index contributed by atoms with van der Waals surface area (Å²) < 4.78 is 0. The van der Waals surface area contributed by atoms with E-state index >= 15 is 0 Å². The van der Waals surface area contributed by atoms with Crippen LogP contribution in [0.15, 0.2) is 6.20 Å². The number of aromatic amines is 1. The van der Waals surface area contributed by atoms with Crippen molar-refractivity contribution in [3.8, 4) is 0 Å². The van der Waals surface area contributed by atoms with Gasteiger partial charge in [0.1, 0.15) is 5.15 Å². The molecule has 2 N–H and O–H groups in total. The number of hydrogen-bond acceptors (Lipinski definition) is 3. The van der Waals surface area contributed by atoms with Crippen LogP contribution in [0.3, 0.4) is 0 Å². The Bertz CT molecular complexity index is 238. The summed E-state index contributed by atoms with van der Waals surface area (Å²) in [5, 5.41) is 15.6. The number of aliphatic hydroxyl groups is 1. The largest absolute Gasteiger partial charge is 0.395 e. The van der Waals surface area contributed by atoms with Crippen molar-refractivity contribution < 1.29 is 5.11 Å². The van der Waals surface area contributed by atoms with E-state index in [2.05, 4.69) is 10.2 Å². The molecule has 4 nitrogen and oxygen atoms in total. The highest BCUT2D eigenvalue weighted by Crippen LogP contribution is 2.12. The Kier molecular flexibility index (Phi) is 3.52. The van der Waals surface area contributed by atoms with Gasteiger partial charge in [0, 0.05) is 18.7 Å². The van der Waals surface area contributed by atoms with Gasteiger partial charge in [-0.2, -0.15) is 5.10 Å². The van der Waals surface area contributed by atoms with Gasteiger partial charge in [-0.3, -0.25) is 10.00 Å². The highest BCUT2D eigenvalue weighted by atomic mass is 35.5. The van der Waals surface area contributed by atoms with Crippen LogP contribution in [0.2, 0.25) is 5.15 Å². The van der Waals surface area contributed by atoms with E-state index in [0.717, 1.165) is 5.56 Å². The number of rotatable bonds is 4. The number of aliphatic hydroxyl groups excluding tert-OH is 1. The van der Waals surface area contributed by atoms with Crippen LogP contribution in [-0.2, 0) is 6.54 Å². The summed E-state index contributed by atoms with van der Waals surface area (Å²) in [6, 6.07) is 0. The standard InChI is InChI=1S/C7H12ClN3O/c1-11(2-3-12)5-6-4-9-10-7(6)8/h4,12H,2-3,5H2,1H3,(H,9,10). The van der Waals surface area contributed by atoms with Crippen LogP contribution in [0.5, 0.6) is 0 Å². The third kappa shape index (κ3) is 2.48. The number of nitrogens with one attached hydrogen (secondary N) is 1. The molecule has 0 radical (unpaired) electrons. The topological polar surface area (TPSA) is 52.1 Å². The normalized spacial score (nSPS) is 11.0. The molecule has 0 aliphatic heterocycles. The van der Waals surface area contributed by atoms with Crippen molar-refractivity contribution >= 4 is 11.6 Å². The Hall–Kier alpha value is -0.580. The Morgan fingerprint density at radius 1 is 1.75 bits per heavy atom. The van der Waals surface area contributed by atoms with Crippen molar-refractivity contribution in [1.82, 2.24) is 15.1 Å². The smallest absolute Gasteiger partial charge is 0.128 e. The molecule has 5 heteroatoms. The molecule has 0 aliphatic carbocycles. The van der Waals surface area contributed by atoms with Crippen molar-refractivity contribution in [2.45, 2.75) is 6.54 Å². The number of nitrogens with zero attached hydrogens (tertiary/aromatic N) is 2. The fraction of sp³-hybridized carbons (Fsp3) is 0.571. The number of hydrogen-bond donors (Lipinski definition) is 2. The molecule has 1 aromatic heterocycles. The molecule has 0 saturated heterocycles. The SMILES string of the molecule is CN(CCO)Cc1cn[nH]c1Cl. The van der Waals surface area contributed by atoms with Gasteiger partial charge >= 0.3 is 0 Å². The zero-order chi connectivity index (χ0) is 8.97. The second kappa shape index (κ2) is 4.45. The molecular weight excluding hydrogens is 178 g/mol. The molecule has 0 atom stereocenters. The lowest BCUT2D eigenvalue weighted by Gasteiger charge is -2.13. The molecule has 12 heavy (non-hydrogen) atoms. The van der Waals surface area contributed by atoms with Crippen LogP contribution in [0.4, 0.5) is 0 Å². The van der Waals surface area contributed by atoms with Crippen LogP contribution in [0.25, 0.3) is 0 Å². The van der Waals surface area contributed by atoms with Crippen molar-refractivity contribution in [3.63, 3.8) is 0 Å². The van der Waals surface area contributed by atoms with Crippen LogP contribution in [0, 0.1) is 0 Å². The third-order valence-corrected chi connectivity index (χ3v) is 1.91. The Morgan fingerprint density at radius 2 is 2.50 bits per heavy atom. The van der Waals surface area contributed by atoms with Crippen molar-refractivity contribution in [2.75, 3.05) is 20.2 Å². The molecule has 0 aromatic carbocycles. The third-order valence-electron chi connectivity index (χ3n) is 1.59. The first kappa shape index (κ1) is 9.51. The van der Waals surface area contributed by atoms with Gasteiger partial charge in [-0.25, -0.2) is 0 Å². The fourth-order valence-corrected chi connectivity index (χ4v) is 1.10. The summed E-state index contributed by atoms with van der Waals surface area (Å²) in [5.41, 5.74) is 0.951. The van der Waals surface area contributed by atoms with Crippen molar-refractivity contribution in [1.29, 1.82) is 0 Å². The van der Waals surface area contributed by atoms with Gasteiger partial charge in [-0.15, -0.1) is 0 Å². The van der Waals surface area contributed by atoms with Gasteiger partial charge in [-0.05, 0) is 7.05 Å². The number of H-pyrrole nitrogens is 1. The zero-order valence-electron chi connectivity index (χ0n) is 6.92. The molecule has 0 fully saturated rings. The highest BCUT2D eigenvalue weighted by Gasteiger charge is 2.04. The van der Waals surface area contributed by atoms with E-state index in [-0.39, 0.29) is 6.61 Å². The minimum atomic E-state index is 0.159. The maximum Gasteiger partial charge on any atom is 0.128 e. The van der Waals surface area contributed by atoms with E-state index in [9.17, 15) is 0 Å². The lowest BCUT2D eigenvalue weighted by molar-refractivity contribution is 0.217. The molecule has 1 aromatic rings. The summed E-state index contributed by atoms with van der Waals surface area (Å²) in [5.74, 6) is 0. The number of halogens is 1. The average molecular weight is 190 g/mol. The van der Waals surface area contributed by atoms with Crippen LogP contribution >= 0.6 is 11.6 Å². The quantitative estimate of drug-likeness (QED) is 0.725. The first-order valence-electron chi connectivity index (χ1n) is 3.71. The first-order valence-corrected chi connectivity index (χ1v) is 4.09. The van der Waals surface area contributed by atoms with Gasteiger partial charge in [-0.1, -0.05) is 11.6 Å². The zero-order valence-corrected chi connectivity index (χ0v) is 7.67. The molecule has 1 heterocycles. The molecule has 0 aliphatic rings. The molecular formula is C7H12ClN3O. The average Bonchev–Trinajstić information content (AvgIpc) is 2.37. The Morgan fingerprint density at radius 3 is 3.00 bits per heavy atom. The van der Waals surface area contributed by atoms with Crippen molar-refractivity contribution in [3.05, 3.63) is 16.9 Å². The lowest BCUT2D eigenvalue weighted by Crippen LogP contribution is -2.21. The summed E-state index contributed by atoms with van der Waals surface area (Å²) in [6.07, 6.45) is 1.69. The molecule has 0 saturated carbocycles. The minimum Gasteiger partial charge on any atom is -0.395 e. The maximum atomic E-state index is 8.64. The van der Waals surface area contributed by atoms with Crippen LogP contribution < -0.4 is 0 Å². The predicted octanol–water partition coefficient (Wildman–Crippen LogP) is 0.487. The van der Waals surface area contributed by atoms with E-state index in [0.29, 0.717) is 18.2 Å². The molecule has 0 amide bonds. The van der Waals surface area contributed by atoms with E-state index < -0.39 is 0 Å². The molecule has 0 spiro atoms. The molecule has 0 unspecified atom stereocenters. The van der Waals surface area contributed by atoms with Gasteiger partial charge in [0.2, 0.25) is 0 Å². The van der Waals surface area contributed by atoms with Gasteiger partial charge in [0.15, 0.2) is 0 Å². The summed E-state index contributed by atoms with van der Waals surface area (Å²) in [6.45, 7) is 1.50. The molecule has 1 rings (SSSR count). The first-order chi connectivity index (χ1) is 5.74. The lowest BCUT2D eigenvalue weighted by atomic mass is 10.3. The summed E-state index contributed by atoms with van der Waals surface area (Å²) in [7, 11) is 1.92. The minimum absolute atomic E-state index is 0.159. The van der Waals surface area contributed by atoms with Crippen LogP contribution in [-0.4, -0.2) is 40.4 Å². The Balaban J connectivity index is 2.46. The fourth-order valence-electron chi connectivity index (χ4n) is 0.946. The highest BCUT2D eigenvalue weighted by molar-refractivity contribution is 6.30. The second-order valence-electron chi connectivity index (χ2n) is 2.67. The van der Waals surface area contributed by atoms with Crippen molar-refractivity contribution in [2.24, 2.45) is 0 Å². The predicted molar refractivity (Wildman–Crippen MR) is 47.0 cm³/mol. The molecule has 68 valence electrons. The van der Waals surface area contributed by atoms with Gasteiger partial charge < -0.3 is 5.11 Å². The Labute approximate surface area is 76.1 Å². The summed E-state index contributed by atoms with van der Waals surface area (Å²) >= 11 is 5.78. The summed E-state index contributed by atoms with van der Waals surface area (Å²) in [4.78, 5) is 1.97. The van der Waals surface area contributed by atoms with Gasteiger partial charge in [0.05, 0.1) is 12.8 Å². The molecule has 0 bridgehead atoms. The number of likely N-dealkylation sites (N-methyl/N-ethyl adjacent to an activating group) is 1. The van der Waals surface area contributed by atoms with E-state index in [1.54, 1.807) is 6.20 Å².